The summed E-state index contributed by atoms with van der Waals surface area (Å²) in [7, 11) is 0. The molecule has 0 fully saturated rings. The van der Waals surface area contributed by atoms with Gasteiger partial charge in [-0.2, -0.15) is 0 Å². The molecule has 0 aliphatic heterocycles. The molecule has 1 aromatic carbocycles. The fourth-order valence-corrected chi connectivity index (χ4v) is 1.61. The summed E-state index contributed by atoms with van der Waals surface area (Å²) in [6, 6.07) is 6.78. The van der Waals surface area contributed by atoms with E-state index in [2.05, 4.69) is 22.6 Å². The molecule has 0 amide bonds. The minimum Gasteiger partial charge on any atom is -0.207 e. The van der Waals surface area contributed by atoms with Crippen molar-refractivity contribution in [1.82, 2.24) is 0 Å². The Kier molecular flexibility index (Phi) is 4.58. The maximum Gasteiger partial charge on any atom is 0.123 e. The van der Waals surface area contributed by atoms with Gasteiger partial charge in [0.25, 0.3) is 0 Å². The zero-order valence-corrected chi connectivity index (χ0v) is 9.05. The molecule has 0 unspecified atom stereocenters. The highest BCUT2D eigenvalue weighted by molar-refractivity contribution is 14.1. The first kappa shape index (κ1) is 9.96. The van der Waals surface area contributed by atoms with Crippen molar-refractivity contribution in [2.45, 2.75) is 19.3 Å². The summed E-state index contributed by atoms with van der Waals surface area (Å²) in [6.45, 7) is 0. The van der Waals surface area contributed by atoms with Gasteiger partial charge in [0.1, 0.15) is 5.82 Å². The number of benzene rings is 1. The minimum atomic E-state index is -0.146. The van der Waals surface area contributed by atoms with Crippen LogP contribution in [0.5, 0.6) is 0 Å². The number of unbranched alkanes of at least 4 members (excludes halogenated alkanes) is 1. The van der Waals surface area contributed by atoms with E-state index in [0.717, 1.165) is 6.42 Å². The van der Waals surface area contributed by atoms with Crippen LogP contribution >= 0.6 is 22.6 Å². The lowest BCUT2D eigenvalue weighted by molar-refractivity contribution is 0.626. The number of hydrogen-bond donors (Lipinski definition) is 0. The Bertz CT molecular complexity index is 218. The summed E-state index contributed by atoms with van der Waals surface area (Å²) >= 11 is 2.38. The smallest absolute Gasteiger partial charge is 0.123 e. The molecule has 0 nitrogen and oxygen atoms in total. The third-order valence-corrected chi connectivity index (χ3v) is 2.53. The van der Waals surface area contributed by atoms with E-state index >= 15 is 0 Å². The monoisotopic (exact) mass is 278 g/mol. The number of alkyl halides is 1. The molecule has 1 rings (SSSR count). The van der Waals surface area contributed by atoms with Gasteiger partial charge in [-0.3, -0.25) is 0 Å². The second-order valence-electron chi connectivity index (χ2n) is 2.77. The van der Waals surface area contributed by atoms with Crippen molar-refractivity contribution in [1.29, 1.82) is 0 Å². The Balaban J connectivity index is 2.37. The van der Waals surface area contributed by atoms with Gasteiger partial charge in [0.05, 0.1) is 0 Å². The summed E-state index contributed by atoms with van der Waals surface area (Å²) in [6.07, 6.45) is 3.52. The third kappa shape index (κ3) is 3.52. The molecule has 0 spiro atoms. The minimum absolute atomic E-state index is 0.146. The highest BCUT2D eigenvalue weighted by Crippen LogP contribution is 2.07. The van der Waals surface area contributed by atoms with Crippen molar-refractivity contribution >= 4 is 22.6 Å². The molecule has 0 aliphatic carbocycles. The second kappa shape index (κ2) is 5.51. The SMILES string of the molecule is Fc1ccc(CCCCI)cc1. The molecule has 2 heteroatoms. The molecule has 0 atom stereocenters. The van der Waals surface area contributed by atoms with Crippen molar-refractivity contribution in [2.24, 2.45) is 0 Å². The lowest BCUT2D eigenvalue weighted by Gasteiger charge is -1.98. The number of hydrogen-bond acceptors (Lipinski definition) is 0. The molecular formula is C10H12FI. The van der Waals surface area contributed by atoms with Crippen LogP contribution in [0, 0.1) is 5.82 Å². The van der Waals surface area contributed by atoms with Crippen LogP contribution in [-0.4, -0.2) is 4.43 Å². The van der Waals surface area contributed by atoms with Crippen LogP contribution in [0.3, 0.4) is 0 Å². The van der Waals surface area contributed by atoms with Gasteiger partial charge >= 0.3 is 0 Å². The van der Waals surface area contributed by atoms with E-state index in [4.69, 9.17) is 0 Å². The first-order chi connectivity index (χ1) is 5.83. The second-order valence-corrected chi connectivity index (χ2v) is 3.85. The molecule has 0 saturated heterocycles. The zero-order chi connectivity index (χ0) is 8.81. The molecule has 0 aromatic heterocycles. The topological polar surface area (TPSA) is 0 Å². The van der Waals surface area contributed by atoms with Crippen molar-refractivity contribution in [3.63, 3.8) is 0 Å². The predicted octanol–water partition coefficient (Wildman–Crippen LogP) is 3.58. The summed E-state index contributed by atoms with van der Waals surface area (Å²) in [5, 5.41) is 0. The fraction of sp³-hybridized carbons (Fsp3) is 0.400. The molecular weight excluding hydrogens is 266 g/mol. The Morgan fingerprint density at radius 1 is 1.08 bits per heavy atom. The fourth-order valence-electron chi connectivity index (χ4n) is 1.07. The van der Waals surface area contributed by atoms with E-state index in [9.17, 15) is 4.39 Å². The van der Waals surface area contributed by atoms with Gasteiger partial charge in [-0.1, -0.05) is 34.7 Å². The number of aryl methyl sites for hydroxylation is 1. The molecule has 0 radical (unpaired) electrons. The summed E-state index contributed by atoms with van der Waals surface area (Å²) in [4.78, 5) is 0. The van der Waals surface area contributed by atoms with Gasteiger partial charge in [-0.05, 0) is 41.4 Å². The molecule has 0 N–H and O–H groups in total. The Hall–Kier alpha value is -0.120. The average molecular weight is 278 g/mol. The van der Waals surface area contributed by atoms with Crippen molar-refractivity contribution in [3.05, 3.63) is 35.6 Å². The van der Waals surface area contributed by atoms with E-state index < -0.39 is 0 Å². The van der Waals surface area contributed by atoms with E-state index in [0.29, 0.717) is 0 Å². The van der Waals surface area contributed by atoms with Crippen LogP contribution in [0.2, 0.25) is 0 Å². The largest absolute Gasteiger partial charge is 0.207 e. The lowest BCUT2D eigenvalue weighted by Crippen LogP contribution is -1.86. The Labute approximate surface area is 86.3 Å². The number of rotatable bonds is 4. The number of halogens is 2. The molecule has 1 aromatic rings. The Morgan fingerprint density at radius 2 is 1.75 bits per heavy atom. The molecule has 0 bridgehead atoms. The molecule has 66 valence electrons. The zero-order valence-electron chi connectivity index (χ0n) is 6.89. The van der Waals surface area contributed by atoms with E-state index in [1.54, 1.807) is 0 Å². The van der Waals surface area contributed by atoms with Gasteiger partial charge in [-0.15, -0.1) is 0 Å². The highest BCUT2D eigenvalue weighted by atomic mass is 127. The van der Waals surface area contributed by atoms with Gasteiger partial charge in [0.15, 0.2) is 0 Å². The van der Waals surface area contributed by atoms with Crippen LogP contribution in [0.1, 0.15) is 18.4 Å². The predicted molar refractivity (Wildman–Crippen MR) is 58.2 cm³/mol. The van der Waals surface area contributed by atoms with E-state index in [1.807, 2.05) is 12.1 Å². The van der Waals surface area contributed by atoms with Crippen LogP contribution in [0.4, 0.5) is 4.39 Å². The van der Waals surface area contributed by atoms with E-state index in [-0.39, 0.29) is 5.82 Å². The maximum atomic E-state index is 12.5. The standard InChI is InChI=1S/C10H12FI/c11-10-6-4-9(5-7-10)3-1-2-8-12/h4-7H,1-3,8H2. The van der Waals surface area contributed by atoms with Crippen molar-refractivity contribution < 1.29 is 4.39 Å². The molecule has 12 heavy (non-hydrogen) atoms. The van der Waals surface area contributed by atoms with Gasteiger partial charge in [0.2, 0.25) is 0 Å². The average Bonchev–Trinajstić information content (AvgIpc) is 2.09. The normalized spacial score (nSPS) is 10.2. The van der Waals surface area contributed by atoms with Crippen LogP contribution < -0.4 is 0 Å². The molecule has 0 aliphatic rings. The van der Waals surface area contributed by atoms with Crippen molar-refractivity contribution in [2.75, 3.05) is 4.43 Å². The first-order valence-corrected chi connectivity index (χ1v) is 5.66. The summed E-state index contributed by atoms with van der Waals surface area (Å²) in [5.41, 5.74) is 1.24. The summed E-state index contributed by atoms with van der Waals surface area (Å²) in [5.74, 6) is -0.146. The van der Waals surface area contributed by atoms with Gasteiger partial charge in [0, 0.05) is 0 Å². The molecule has 0 saturated carbocycles. The Morgan fingerprint density at radius 3 is 2.33 bits per heavy atom. The van der Waals surface area contributed by atoms with Crippen LogP contribution in [-0.2, 0) is 6.42 Å². The molecule has 0 heterocycles. The highest BCUT2D eigenvalue weighted by Gasteiger charge is 1.93. The van der Waals surface area contributed by atoms with E-state index in [1.165, 1.54) is 35.0 Å². The van der Waals surface area contributed by atoms with Gasteiger partial charge < -0.3 is 0 Å². The quantitative estimate of drug-likeness (QED) is 0.448. The third-order valence-electron chi connectivity index (χ3n) is 1.76. The lowest BCUT2D eigenvalue weighted by atomic mass is 10.1. The first-order valence-electron chi connectivity index (χ1n) is 4.13. The van der Waals surface area contributed by atoms with Crippen LogP contribution in [0.25, 0.3) is 0 Å². The summed E-state index contributed by atoms with van der Waals surface area (Å²) < 4.78 is 13.7. The van der Waals surface area contributed by atoms with Crippen LogP contribution in [0.15, 0.2) is 24.3 Å². The van der Waals surface area contributed by atoms with Crippen molar-refractivity contribution in [3.8, 4) is 0 Å². The maximum absolute atomic E-state index is 12.5. The van der Waals surface area contributed by atoms with Gasteiger partial charge in [-0.25, -0.2) is 4.39 Å².